The summed E-state index contributed by atoms with van der Waals surface area (Å²) in [7, 11) is 0. The molecule has 3 nitrogen and oxygen atoms in total. The molecule has 1 fully saturated rings. The van der Waals surface area contributed by atoms with Gasteiger partial charge in [-0.05, 0) is 20.3 Å². The normalized spacial score (nSPS) is 38.6. The lowest BCUT2D eigenvalue weighted by Gasteiger charge is -2.42. The number of aliphatic hydroxyl groups is 2. The van der Waals surface area contributed by atoms with Gasteiger partial charge in [-0.15, -0.1) is 6.58 Å². The van der Waals surface area contributed by atoms with Crippen molar-refractivity contribution in [1.82, 2.24) is 0 Å². The van der Waals surface area contributed by atoms with Crippen LogP contribution >= 0.6 is 0 Å². The third-order valence-corrected chi connectivity index (χ3v) is 2.50. The maximum atomic E-state index is 9.70. The third kappa shape index (κ3) is 2.30. The van der Waals surface area contributed by atoms with E-state index in [0.29, 0.717) is 6.42 Å². The van der Waals surface area contributed by atoms with Gasteiger partial charge in [-0.2, -0.15) is 0 Å². The predicted molar refractivity (Wildman–Crippen MR) is 50.3 cm³/mol. The smallest absolute Gasteiger partial charge is 0.102 e. The number of hydrogen-bond donors (Lipinski definition) is 2. The Bertz CT molecular complexity index is 189. The van der Waals surface area contributed by atoms with Crippen LogP contribution in [0.3, 0.4) is 0 Å². The zero-order valence-electron chi connectivity index (χ0n) is 8.23. The van der Waals surface area contributed by atoms with Gasteiger partial charge in [0.2, 0.25) is 0 Å². The molecule has 1 saturated heterocycles. The van der Waals surface area contributed by atoms with Gasteiger partial charge in [0.1, 0.15) is 6.10 Å². The number of hydrogen-bond acceptors (Lipinski definition) is 3. The average Bonchev–Trinajstić information content (AvgIpc) is 2.08. The van der Waals surface area contributed by atoms with Gasteiger partial charge in [0, 0.05) is 12.5 Å². The molecule has 76 valence electrons. The molecule has 3 heteroatoms. The topological polar surface area (TPSA) is 49.7 Å². The molecule has 1 rings (SSSR count). The first kappa shape index (κ1) is 10.7. The molecular formula is C10H18O3. The van der Waals surface area contributed by atoms with Gasteiger partial charge < -0.3 is 14.9 Å². The maximum absolute atomic E-state index is 9.70. The van der Waals surface area contributed by atoms with Gasteiger partial charge in [0.05, 0.1) is 11.7 Å². The molecule has 0 aromatic carbocycles. The molecule has 13 heavy (non-hydrogen) atoms. The minimum atomic E-state index is -0.629. The molecule has 0 saturated carbocycles. The molecule has 2 N–H and O–H groups in total. The largest absolute Gasteiger partial charge is 0.396 e. The lowest BCUT2D eigenvalue weighted by Crippen LogP contribution is -2.49. The second-order valence-corrected chi connectivity index (χ2v) is 4.22. The number of ether oxygens (including phenoxy) is 1. The maximum Gasteiger partial charge on any atom is 0.102 e. The van der Waals surface area contributed by atoms with Crippen LogP contribution in [0.2, 0.25) is 0 Å². The molecular weight excluding hydrogens is 168 g/mol. The molecule has 1 aliphatic rings. The Kier molecular flexibility index (Phi) is 3.11. The van der Waals surface area contributed by atoms with Crippen molar-refractivity contribution in [2.45, 2.75) is 38.1 Å². The van der Waals surface area contributed by atoms with E-state index in [0.717, 1.165) is 0 Å². The van der Waals surface area contributed by atoms with Crippen molar-refractivity contribution in [2.75, 3.05) is 6.61 Å². The minimum Gasteiger partial charge on any atom is -0.396 e. The number of rotatable bonds is 2. The van der Waals surface area contributed by atoms with Crippen LogP contribution in [0, 0.1) is 5.92 Å². The van der Waals surface area contributed by atoms with Crippen molar-refractivity contribution in [3.63, 3.8) is 0 Å². The van der Waals surface area contributed by atoms with Crippen molar-refractivity contribution in [2.24, 2.45) is 5.92 Å². The Hall–Kier alpha value is -0.380. The van der Waals surface area contributed by atoms with E-state index in [2.05, 4.69) is 6.58 Å². The monoisotopic (exact) mass is 186 g/mol. The summed E-state index contributed by atoms with van der Waals surface area (Å²) in [5, 5.41) is 18.8. The Morgan fingerprint density at radius 3 is 2.69 bits per heavy atom. The Morgan fingerprint density at radius 2 is 2.23 bits per heavy atom. The van der Waals surface area contributed by atoms with Crippen molar-refractivity contribution in [3.8, 4) is 0 Å². The summed E-state index contributed by atoms with van der Waals surface area (Å²) in [5.41, 5.74) is -0.286. The highest BCUT2D eigenvalue weighted by molar-refractivity contribution is 4.97. The Balaban J connectivity index is 2.74. The standard InChI is InChI=1S/C10H18O3/c1-4-8-9(12)7(6-11)5-10(2,3)13-8/h4,7-9,11-12H,1,5-6H2,2-3H3/t7?,8?,9-/m0/s1. The predicted octanol–water partition coefficient (Wildman–Crippen LogP) is 0.709. The molecule has 0 aromatic heterocycles. The van der Waals surface area contributed by atoms with Crippen LogP contribution in [0.15, 0.2) is 12.7 Å². The van der Waals surface area contributed by atoms with Crippen molar-refractivity contribution in [3.05, 3.63) is 12.7 Å². The summed E-state index contributed by atoms with van der Waals surface area (Å²) < 4.78 is 5.59. The minimum absolute atomic E-state index is 0.00169. The van der Waals surface area contributed by atoms with Crippen LogP contribution in [-0.4, -0.2) is 34.6 Å². The van der Waals surface area contributed by atoms with E-state index < -0.39 is 6.10 Å². The van der Waals surface area contributed by atoms with Gasteiger partial charge in [0.25, 0.3) is 0 Å². The van der Waals surface area contributed by atoms with E-state index in [4.69, 9.17) is 9.84 Å². The van der Waals surface area contributed by atoms with Gasteiger partial charge in [-0.1, -0.05) is 6.08 Å². The highest BCUT2D eigenvalue weighted by Gasteiger charge is 2.39. The fourth-order valence-electron chi connectivity index (χ4n) is 1.87. The molecule has 0 radical (unpaired) electrons. The van der Waals surface area contributed by atoms with Crippen molar-refractivity contribution in [1.29, 1.82) is 0 Å². The zero-order valence-corrected chi connectivity index (χ0v) is 8.23. The quantitative estimate of drug-likeness (QED) is 0.624. The summed E-state index contributed by atoms with van der Waals surface area (Å²) in [6.07, 6.45) is 1.28. The van der Waals surface area contributed by atoms with Crippen LogP contribution in [0.1, 0.15) is 20.3 Å². The summed E-state index contributed by atoms with van der Waals surface area (Å²) in [5.74, 6) is -0.105. The first-order valence-corrected chi connectivity index (χ1v) is 4.59. The van der Waals surface area contributed by atoms with Crippen LogP contribution in [-0.2, 0) is 4.74 Å². The highest BCUT2D eigenvalue weighted by Crippen LogP contribution is 2.32. The van der Waals surface area contributed by atoms with Gasteiger partial charge in [0.15, 0.2) is 0 Å². The third-order valence-electron chi connectivity index (χ3n) is 2.50. The van der Waals surface area contributed by atoms with E-state index in [-0.39, 0.29) is 24.2 Å². The van der Waals surface area contributed by atoms with Crippen LogP contribution < -0.4 is 0 Å². The van der Waals surface area contributed by atoms with E-state index in [1.165, 1.54) is 0 Å². The Labute approximate surface area is 79.0 Å². The van der Waals surface area contributed by atoms with Crippen LogP contribution in [0.5, 0.6) is 0 Å². The molecule has 1 aliphatic heterocycles. The fraction of sp³-hybridized carbons (Fsp3) is 0.800. The van der Waals surface area contributed by atoms with Crippen molar-refractivity contribution >= 4 is 0 Å². The molecule has 0 bridgehead atoms. The molecule has 0 amide bonds. The van der Waals surface area contributed by atoms with Gasteiger partial charge >= 0.3 is 0 Å². The molecule has 2 unspecified atom stereocenters. The second-order valence-electron chi connectivity index (χ2n) is 4.22. The molecule has 0 spiro atoms. The van der Waals surface area contributed by atoms with Crippen LogP contribution in [0.4, 0.5) is 0 Å². The fourth-order valence-corrected chi connectivity index (χ4v) is 1.87. The summed E-state index contributed by atoms with van der Waals surface area (Å²) in [6, 6.07) is 0. The lowest BCUT2D eigenvalue weighted by molar-refractivity contribution is -0.171. The average molecular weight is 186 g/mol. The Morgan fingerprint density at radius 1 is 1.62 bits per heavy atom. The zero-order chi connectivity index (χ0) is 10.1. The first-order valence-electron chi connectivity index (χ1n) is 4.59. The van der Waals surface area contributed by atoms with E-state index in [1.54, 1.807) is 6.08 Å². The lowest BCUT2D eigenvalue weighted by atomic mass is 9.84. The molecule has 0 aromatic rings. The molecule has 1 heterocycles. The first-order chi connectivity index (χ1) is 6.00. The van der Waals surface area contributed by atoms with E-state index in [9.17, 15) is 5.11 Å². The second kappa shape index (κ2) is 3.78. The SMILES string of the molecule is C=CC1OC(C)(C)CC(CO)[C@@H]1O. The van der Waals surface area contributed by atoms with E-state index in [1.807, 2.05) is 13.8 Å². The summed E-state index contributed by atoms with van der Waals surface area (Å²) in [6.45, 7) is 7.51. The van der Waals surface area contributed by atoms with Gasteiger partial charge in [-0.25, -0.2) is 0 Å². The highest BCUT2D eigenvalue weighted by atomic mass is 16.5. The molecule has 3 atom stereocenters. The van der Waals surface area contributed by atoms with E-state index >= 15 is 0 Å². The number of aliphatic hydroxyl groups excluding tert-OH is 2. The summed E-state index contributed by atoms with van der Waals surface area (Å²) in [4.78, 5) is 0. The summed E-state index contributed by atoms with van der Waals surface area (Å²) >= 11 is 0. The van der Waals surface area contributed by atoms with Gasteiger partial charge in [-0.3, -0.25) is 0 Å². The van der Waals surface area contributed by atoms with Crippen molar-refractivity contribution < 1.29 is 14.9 Å². The van der Waals surface area contributed by atoms with Crippen LogP contribution in [0.25, 0.3) is 0 Å². The molecule has 0 aliphatic carbocycles.